The smallest absolute Gasteiger partial charge is 0.0260 e. The van der Waals surface area contributed by atoms with Crippen LogP contribution in [0.2, 0.25) is 0 Å². The SMILES string of the molecule is CC#Cc1cc(C#CC)cc(CCCCCC)c1. The van der Waals surface area contributed by atoms with E-state index >= 15 is 0 Å². The highest BCUT2D eigenvalue weighted by Crippen LogP contribution is 2.13. The molecular formula is C18H22. The minimum Gasteiger partial charge on any atom is -0.101 e. The van der Waals surface area contributed by atoms with Crippen molar-refractivity contribution in [3.63, 3.8) is 0 Å². The van der Waals surface area contributed by atoms with E-state index in [9.17, 15) is 0 Å². The summed E-state index contributed by atoms with van der Waals surface area (Å²) in [5, 5.41) is 0. The van der Waals surface area contributed by atoms with Gasteiger partial charge < -0.3 is 0 Å². The third-order valence-electron chi connectivity index (χ3n) is 2.85. The molecule has 1 aromatic carbocycles. The minimum absolute atomic E-state index is 1.09. The van der Waals surface area contributed by atoms with E-state index in [1.165, 1.54) is 31.2 Å². The molecule has 0 fully saturated rings. The van der Waals surface area contributed by atoms with E-state index in [2.05, 4.69) is 48.8 Å². The van der Waals surface area contributed by atoms with Crippen LogP contribution in [-0.4, -0.2) is 0 Å². The Labute approximate surface area is 112 Å². The van der Waals surface area contributed by atoms with Crippen molar-refractivity contribution in [2.45, 2.75) is 52.9 Å². The highest BCUT2D eigenvalue weighted by molar-refractivity contribution is 5.46. The summed E-state index contributed by atoms with van der Waals surface area (Å²) in [6, 6.07) is 6.47. The van der Waals surface area contributed by atoms with Crippen LogP contribution in [0, 0.1) is 23.7 Å². The van der Waals surface area contributed by atoms with Gasteiger partial charge in [-0.2, -0.15) is 0 Å². The molecular weight excluding hydrogens is 216 g/mol. The molecule has 0 aliphatic rings. The van der Waals surface area contributed by atoms with Crippen molar-refractivity contribution >= 4 is 0 Å². The second-order valence-electron chi connectivity index (χ2n) is 4.48. The molecule has 0 atom stereocenters. The fraction of sp³-hybridized carbons (Fsp3) is 0.444. The van der Waals surface area contributed by atoms with Crippen LogP contribution >= 0.6 is 0 Å². The minimum atomic E-state index is 1.09. The zero-order chi connectivity index (χ0) is 13.2. The first-order valence-corrected chi connectivity index (χ1v) is 6.79. The summed E-state index contributed by atoms with van der Waals surface area (Å²) < 4.78 is 0. The molecule has 1 aromatic rings. The van der Waals surface area contributed by atoms with Gasteiger partial charge in [0.15, 0.2) is 0 Å². The largest absolute Gasteiger partial charge is 0.101 e. The Bertz CT molecular complexity index is 448. The third kappa shape index (κ3) is 5.11. The van der Waals surface area contributed by atoms with Gasteiger partial charge in [-0.25, -0.2) is 0 Å². The quantitative estimate of drug-likeness (QED) is 0.521. The summed E-state index contributed by atoms with van der Waals surface area (Å²) in [4.78, 5) is 0. The molecule has 0 heteroatoms. The van der Waals surface area contributed by atoms with Gasteiger partial charge in [0, 0.05) is 11.1 Å². The molecule has 0 aromatic heterocycles. The maximum atomic E-state index is 3.13. The van der Waals surface area contributed by atoms with E-state index in [0.717, 1.165) is 17.5 Å². The molecule has 0 saturated heterocycles. The fourth-order valence-electron chi connectivity index (χ4n) is 2.03. The Morgan fingerprint density at radius 2 is 1.44 bits per heavy atom. The molecule has 0 N–H and O–H groups in total. The first-order valence-electron chi connectivity index (χ1n) is 6.79. The summed E-state index contributed by atoms with van der Waals surface area (Å²) in [6.45, 7) is 5.99. The number of hydrogen-bond donors (Lipinski definition) is 0. The lowest BCUT2D eigenvalue weighted by atomic mass is 10.0. The number of benzene rings is 1. The Kier molecular flexibility index (Phi) is 6.75. The standard InChI is InChI=1S/C18H22/c1-4-7-8-9-12-18-14-16(10-5-2)13-17(15-18)11-6-3/h13-15H,4,7-9,12H2,1-3H3. The molecule has 94 valence electrons. The second-order valence-corrected chi connectivity index (χ2v) is 4.48. The normalized spacial score (nSPS) is 9.06. The van der Waals surface area contributed by atoms with Crippen LogP contribution in [-0.2, 0) is 6.42 Å². The molecule has 0 radical (unpaired) electrons. The van der Waals surface area contributed by atoms with Gasteiger partial charge in [-0.1, -0.05) is 38.0 Å². The number of rotatable bonds is 5. The predicted octanol–water partition coefficient (Wildman–Crippen LogP) is 4.55. The van der Waals surface area contributed by atoms with Crippen molar-refractivity contribution in [3.8, 4) is 23.7 Å². The average Bonchev–Trinajstić information content (AvgIpc) is 2.35. The van der Waals surface area contributed by atoms with Gasteiger partial charge in [-0.05, 0) is 50.5 Å². The summed E-state index contributed by atoms with van der Waals surface area (Å²) in [5.41, 5.74) is 3.54. The Hall–Kier alpha value is -1.66. The van der Waals surface area contributed by atoms with E-state index in [1.807, 2.05) is 13.8 Å². The van der Waals surface area contributed by atoms with E-state index in [0.29, 0.717) is 0 Å². The number of hydrogen-bond acceptors (Lipinski definition) is 0. The molecule has 0 aliphatic heterocycles. The van der Waals surface area contributed by atoms with Crippen LogP contribution in [0.3, 0.4) is 0 Å². The van der Waals surface area contributed by atoms with Gasteiger partial charge >= 0.3 is 0 Å². The average molecular weight is 238 g/mol. The van der Waals surface area contributed by atoms with Crippen molar-refractivity contribution in [1.82, 2.24) is 0 Å². The Balaban J connectivity index is 2.80. The fourth-order valence-corrected chi connectivity index (χ4v) is 2.03. The lowest BCUT2D eigenvalue weighted by molar-refractivity contribution is 0.667. The Morgan fingerprint density at radius 1 is 0.833 bits per heavy atom. The van der Waals surface area contributed by atoms with Crippen LogP contribution < -0.4 is 0 Å². The number of unbranched alkanes of at least 4 members (excludes halogenated alkanes) is 3. The lowest BCUT2D eigenvalue weighted by Gasteiger charge is -2.04. The van der Waals surface area contributed by atoms with Gasteiger partial charge in [0.25, 0.3) is 0 Å². The topological polar surface area (TPSA) is 0 Å². The van der Waals surface area contributed by atoms with E-state index in [-0.39, 0.29) is 0 Å². The third-order valence-corrected chi connectivity index (χ3v) is 2.85. The van der Waals surface area contributed by atoms with Gasteiger partial charge in [0.2, 0.25) is 0 Å². The Morgan fingerprint density at radius 3 is 1.94 bits per heavy atom. The van der Waals surface area contributed by atoms with Crippen LogP contribution in [0.15, 0.2) is 18.2 Å². The molecule has 0 spiro atoms. The zero-order valence-corrected chi connectivity index (χ0v) is 11.8. The van der Waals surface area contributed by atoms with Gasteiger partial charge in [0.05, 0.1) is 0 Å². The molecule has 1 rings (SSSR count). The van der Waals surface area contributed by atoms with Gasteiger partial charge in [-0.3, -0.25) is 0 Å². The molecule has 0 amide bonds. The molecule has 0 heterocycles. The maximum Gasteiger partial charge on any atom is 0.0260 e. The summed E-state index contributed by atoms with van der Waals surface area (Å²) in [7, 11) is 0. The van der Waals surface area contributed by atoms with Gasteiger partial charge in [0.1, 0.15) is 0 Å². The maximum absolute atomic E-state index is 3.13. The second kappa shape index (κ2) is 8.43. The first kappa shape index (κ1) is 14.4. The molecule has 0 unspecified atom stereocenters. The molecule has 0 nitrogen and oxygen atoms in total. The highest BCUT2D eigenvalue weighted by atomic mass is 14.0. The first-order chi connectivity index (χ1) is 8.80. The van der Waals surface area contributed by atoms with Crippen molar-refractivity contribution in [2.75, 3.05) is 0 Å². The van der Waals surface area contributed by atoms with E-state index in [1.54, 1.807) is 0 Å². The van der Waals surface area contributed by atoms with Gasteiger partial charge in [-0.15, -0.1) is 11.8 Å². The summed E-state index contributed by atoms with van der Waals surface area (Å²) >= 11 is 0. The van der Waals surface area contributed by atoms with Crippen molar-refractivity contribution in [2.24, 2.45) is 0 Å². The summed E-state index contributed by atoms with van der Waals surface area (Å²) in [5.74, 6) is 12.2. The number of aryl methyl sites for hydroxylation is 1. The molecule has 18 heavy (non-hydrogen) atoms. The van der Waals surface area contributed by atoms with Crippen molar-refractivity contribution in [3.05, 3.63) is 34.9 Å². The van der Waals surface area contributed by atoms with Crippen LogP contribution in [0.1, 0.15) is 63.1 Å². The van der Waals surface area contributed by atoms with E-state index < -0.39 is 0 Å². The molecule has 0 bridgehead atoms. The van der Waals surface area contributed by atoms with Crippen LogP contribution in [0.25, 0.3) is 0 Å². The highest BCUT2D eigenvalue weighted by Gasteiger charge is 1.99. The van der Waals surface area contributed by atoms with Crippen molar-refractivity contribution in [1.29, 1.82) is 0 Å². The monoisotopic (exact) mass is 238 g/mol. The van der Waals surface area contributed by atoms with Crippen LogP contribution in [0.4, 0.5) is 0 Å². The van der Waals surface area contributed by atoms with Crippen molar-refractivity contribution < 1.29 is 0 Å². The molecule has 0 aliphatic carbocycles. The predicted molar refractivity (Wildman–Crippen MR) is 79.4 cm³/mol. The lowest BCUT2D eigenvalue weighted by Crippen LogP contribution is -1.90. The molecule has 0 saturated carbocycles. The van der Waals surface area contributed by atoms with E-state index in [4.69, 9.17) is 0 Å². The van der Waals surface area contributed by atoms with Crippen LogP contribution in [0.5, 0.6) is 0 Å². The zero-order valence-electron chi connectivity index (χ0n) is 11.8. The summed E-state index contributed by atoms with van der Waals surface area (Å²) in [6.07, 6.45) is 6.33.